The van der Waals surface area contributed by atoms with Gasteiger partial charge in [0.1, 0.15) is 12.4 Å². The summed E-state index contributed by atoms with van der Waals surface area (Å²) in [4.78, 5) is 8.62. The zero-order chi connectivity index (χ0) is 22.7. The number of nitrogens with zero attached hydrogens (tertiary/aromatic N) is 4. The van der Waals surface area contributed by atoms with Crippen LogP contribution in [-0.2, 0) is 26.2 Å². The van der Waals surface area contributed by atoms with E-state index in [1.807, 2.05) is 59.4 Å². The van der Waals surface area contributed by atoms with Gasteiger partial charge in [0.2, 0.25) is 0 Å². The summed E-state index contributed by atoms with van der Waals surface area (Å²) < 4.78 is 7.73. The number of hydrogen-bond acceptors (Lipinski definition) is 4. The number of aromatic nitrogens is 3. The van der Waals surface area contributed by atoms with Gasteiger partial charge in [0.25, 0.3) is 0 Å². The van der Waals surface area contributed by atoms with Crippen molar-refractivity contribution in [1.82, 2.24) is 25.4 Å². The van der Waals surface area contributed by atoms with Crippen LogP contribution in [-0.4, -0.2) is 27.8 Å². The maximum absolute atomic E-state index is 5.80. The third kappa shape index (κ3) is 7.58. The molecule has 0 aliphatic carbocycles. The van der Waals surface area contributed by atoms with Crippen molar-refractivity contribution in [3.05, 3.63) is 114 Å². The van der Waals surface area contributed by atoms with E-state index in [0.29, 0.717) is 19.7 Å². The van der Waals surface area contributed by atoms with E-state index in [1.54, 1.807) is 19.4 Å². The molecule has 0 aliphatic rings. The molecule has 0 fully saturated rings. The summed E-state index contributed by atoms with van der Waals surface area (Å²) in [6, 6.07) is 24.2. The second kappa shape index (κ2) is 13.3. The smallest absolute Gasteiger partial charge is 0.191 e. The number of guanidine groups is 1. The van der Waals surface area contributed by atoms with Crippen LogP contribution < -0.4 is 15.4 Å². The monoisotopic (exact) mass is 568 g/mol. The molecule has 4 aromatic rings. The summed E-state index contributed by atoms with van der Waals surface area (Å²) in [5.74, 6) is 1.57. The predicted molar refractivity (Wildman–Crippen MR) is 145 cm³/mol. The Morgan fingerprint density at radius 2 is 1.65 bits per heavy atom. The van der Waals surface area contributed by atoms with E-state index in [9.17, 15) is 0 Å². The Hall–Kier alpha value is -3.40. The average Bonchev–Trinajstić information content (AvgIpc) is 3.38. The third-order valence-electron chi connectivity index (χ3n) is 5.18. The fraction of sp³-hybridized carbons (Fsp3) is 0.192. The van der Waals surface area contributed by atoms with Crippen molar-refractivity contribution in [3.8, 4) is 5.75 Å². The van der Waals surface area contributed by atoms with Crippen LogP contribution in [0.2, 0.25) is 0 Å². The molecule has 2 aromatic carbocycles. The van der Waals surface area contributed by atoms with Gasteiger partial charge < -0.3 is 15.4 Å². The van der Waals surface area contributed by atoms with Crippen LogP contribution in [0.15, 0.2) is 96.4 Å². The van der Waals surface area contributed by atoms with E-state index in [1.165, 1.54) is 11.1 Å². The first-order valence-electron chi connectivity index (χ1n) is 10.9. The molecule has 0 amide bonds. The van der Waals surface area contributed by atoms with Gasteiger partial charge in [-0.3, -0.25) is 14.7 Å². The van der Waals surface area contributed by atoms with E-state index in [0.717, 1.165) is 29.5 Å². The highest BCUT2D eigenvalue weighted by Crippen LogP contribution is 2.14. The molecular weight excluding hydrogens is 539 g/mol. The molecule has 0 spiro atoms. The molecule has 0 unspecified atom stereocenters. The zero-order valence-corrected chi connectivity index (χ0v) is 21.4. The van der Waals surface area contributed by atoms with Crippen molar-refractivity contribution in [2.75, 3.05) is 7.05 Å². The van der Waals surface area contributed by atoms with Gasteiger partial charge in [0.05, 0.1) is 12.2 Å². The van der Waals surface area contributed by atoms with Gasteiger partial charge in [0, 0.05) is 38.7 Å². The first-order valence-corrected chi connectivity index (χ1v) is 10.9. The Kier molecular flexibility index (Phi) is 9.90. The van der Waals surface area contributed by atoms with Gasteiger partial charge in [-0.15, -0.1) is 24.0 Å². The molecule has 0 saturated carbocycles. The van der Waals surface area contributed by atoms with Gasteiger partial charge in [-0.2, -0.15) is 5.10 Å². The van der Waals surface area contributed by atoms with Crippen molar-refractivity contribution < 1.29 is 4.74 Å². The van der Waals surface area contributed by atoms with Gasteiger partial charge in [0.15, 0.2) is 5.96 Å². The normalized spacial score (nSPS) is 10.9. The highest BCUT2D eigenvalue weighted by atomic mass is 127. The lowest BCUT2D eigenvalue weighted by Gasteiger charge is -2.15. The quantitative estimate of drug-likeness (QED) is 0.178. The Bertz CT molecular complexity index is 1150. The van der Waals surface area contributed by atoms with E-state index in [-0.39, 0.29) is 24.0 Å². The average molecular weight is 568 g/mol. The van der Waals surface area contributed by atoms with Gasteiger partial charge >= 0.3 is 0 Å². The second-order valence-corrected chi connectivity index (χ2v) is 7.51. The SMILES string of the molecule is CN=C(NCc1ccc(OCc2ccccn2)cc1)NCc1ccccc1Cn1cccn1.I. The first kappa shape index (κ1) is 25.2. The zero-order valence-electron chi connectivity index (χ0n) is 19.1. The van der Waals surface area contributed by atoms with Gasteiger partial charge in [-0.05, 0) is 47.0 Å². The summed E-state index contributed by atoms with van der Waals surface area (Å²) in [6.45, 7) is 2.54. The fourth-order valence-corrected chi connectivity index (χ4v) is 3.38. The van der Waals surface area contributed by atoms with Crippen molar-refractivity contribution in [3.63, 3.8) is 0 Å². The summed E-state index contributed by atoms with van der Waals surface area (Å²) in [5, 5.41) is 11.1. The molecule has 2 aromatic heterocycles. The van der Waals surface area contributed by atoms with E-state index < -0.39 is 0 Å². The summed E-state index contributed by atoms with van der Waals surface area (Å²) in [7, 11) is 1.78. The highest BCUT2D eigenvalue weighted by Gasteiger charge is 2.05. The minimum Gasteiger partial charge on any atom is -0.487 e. The van der Waals surface area contributed by atoms with Crippen molar-refractivity contribution in [2.45, 2.75) is 26.2 Å². The molecule has 0 atom stereocenters. The molecule has 0 saturated heterocycles. The number of pyridine rings is 1. The molecule has 4 rings (SSSR count). The number of aliphatic imine (C=N–C) groups is 1. The molecule has 2 N–H and O–H groups in total. The van der Waals surface area contributed by atoms with Crippen LogP contribution >= 0.6 is 24.0 Å². The van der Waals surface area contributed by atoms with Crippen LogP contribution in [0.25, 0.3) is 0 Å². The molecule has 0 radical (unpaired) electrons. The van der Waals surface area contributed by atoms with E-state index in [4.69, 9.17) is 4.74 Å². The molecule has 7 nitrogen and oxygen atoms in total. The molecular formula is C26H29IN6O. The number of nitrogens with one attached hydrogen (secondary N) is 2. The molecule has 0 aliphatic heterocycles. The third-order valence-corrected chi connectivity index (χ3v) is 5.18. The van der Waals surface area contributed by atoms with E-state index >= 15 is 0 Å². The highest BCUT2D eigenvalue weighted by molar-refractivity contribution is 14.0. The lowest BCUT2D eigenvalue weighted by molar-refractivity contribution is 0.301. The predicted octanol–water partition coefficient (Wildman–Crippen LogP) is 4.39. The van der Waals surface area contributed by atoms with Crippen LogP contribution in [0.3, 0.4) is 0 Å². The van der Waals surface area contributed by atoms with Crippen LogP contribution in [0.4, 0.5) is 0 Å². The lowest BCUT2D eigenvalue weighted by Crippen LogP contribution is -2.36. The molecule has 0 bridgehead atoms. The maximum Gasteiger partial charge on any atom is 0.191 e. The minimum absolute atomic E-state index is 0. The number of benzene rings is 2. The summed E-state index contributed by atoms with van der Waals surface area (Å²) >= 11 is 0. The van der Waals surface area contributed by atoms with Crippen LogP contribution in [0.5, 0.6) is 5.75 Å². The molecule has 34 heavy (non-hydrogen) atoms. The lowest BCUT2D eigenvalue weighted by atomic mass is 10.1. The Balaban J connectivity index is 0.00000324. The van der Waals surface area contributed by atoms with Crippen molar-refractivity contribution in [2.24, 2.45) is 4.99 Å². The van der Waals surface area contributed by atoms with Crippen molar-refractivity contribution in [1.29, 1.82) is 0 Å². The van der Waals surface area contributed by atoms with Crippen LogP contribution in [0.1, 0.15) is 22.4 Å². The molecule has 2 heterocycles. The molecule has 8 heteroatoms. The van der Waals surface area contributed by atoms with Crippen LogP contribution in [0, 0.1) is 0 Å². The van der Waals surface area contributed by atoms with Gasteiger partial charge in [-0.25, -0.2) is 0 Å². The Labute approximate surface area is 217 Å². The number of ether oxygens (including phenoxy) is 1. The largest absolute Gasteiger partial charge is 0.487 e. The number of rotatable bonds is 9. The fourth-order valence-electron chi connectivity index (χ4n) is 3.38. The summed E-state index contributed by atoms with van der Waals surface area (Å²) in [5.41, 5.74) is 4.49. The summed E-state index contributed by atoms with van der Waals surface area (Å²) in [6.07, 6.45) is 5.54. The molecule has 176 valence electrons. The minimum atomic E-state index is 0. The second-order valence-electron chi connectivity index (χ2n) is 7.51. The van der Waals surface area contributed by atoms with E-state index in [2.05, 4.69) is 50.0 Å². The Morgan fingerprint density at radius 3 is 2.35 bits per heavy atom. The Morgan fingerprint density at radius 1 is 0.882 bits per heavy atom. The number of hydrogen-bond donors (Lipinski definition) is 2. The van der Waals surface area contributed by atoms with Gasteiger partial charge in [-0.1, -0.05) is 42.5 Å². The van der Waals surface area contributed by atoms with Crippen molar-refractivity contribution >= 4 is 29.9 Å². The maximum atomic E-state index is 5.80. The number of halogens is 1. The first-order chi connectivity index (χ1) is 16.3. The topological polar surface area (TPSA) is 76.4 Å². The standard InChI is InChI=1S/C26H28N6O.HI/c1-27-26(30-18-22-7-2-3-8-23(22)19-32-16-6-15-31-32)29-17-21-10-12-25(13-11-21)33-20-24-9-4-5-14-28-24;/h2-16H,17-20H2,1H3,(H2,27,29,30);1H.